The van der Waals surface area contributed by atoms with Gasteiger partial charge < -0.3 is 15.3 Å². The van der Waals surface area contributed by atoms with E-state index >= 15 is 0 Å². The standard InChI is InChI=1S/C15H30N2O2/c1-4-10-17(11-5-2)12-8-13-7-6-9-15(13,16-3)14(18)19/h13,16H,4-12H2,1-3H3,(H,18,19). The first-order chi connectivity index (χ1) is 9.10. The zero-order valence-electron chi connectivity index (χ0n) is 12.7. The van der Waals surface area contributed by atoms with E-state index < -0.39 is 11.5 Å². The average molecular weight is 270 g/mol. The first-order valence-electron chi connectivity index (χ1n) is 7.75. The normalized spacial score (nSPS) is 27.1. The molecule has 4 heteroatoms. The lowest BCUT2D eigenvalue weighted by Gasteiger charge is -2.32. The average Bonchev–Trinajstić information content (AvgIpc) is 2.80. The molecule has 0 saturated heterocycles. The molecule has 112 valence electrons. The molecule has 19 heavy (non-hydrogen) atoms. The van der Waals surface area contributed by atoms with Gasteiger partial charge in [0.25, 0.3) is 0 Å². The third-order valence-corrected chi connectivity index (χ3v) is 4.52. The lowest BCUT2D eigenvalue weighted by atomic mass is 9.84. The van der Waals surface area contributed by atoms with Crippen LogP contribution in [0.25, 0.3) is 0 Å². The van der Waals surface area contributed by atoms with E-state index in [1.807, 2.05) is 0 Å². The van der Waals surface area contributed by atoms with Crippen molar-refractivity contribution in [3.8, 4) is 0 Å². The van der Waals surface area contributed by atoms with Gasteiger partial charge in [0.15, 0.2) is 0 Å². The monoisotopic (exact) mass is 270 g/mol. The predicted octanol–water partition coefficient (Wildman–Crippen LogP) is 2.34. The molecular formula is C15H30N2O2. The maximum absolute atomic E-state index is 11.6. The SMILES string of the molecule is CCCN(CCC)CCC1CCCC1(NC)C(=O)O. The second kappa shape index (κ2) is 7.85. The molecule has 0 amide bonds. The van der Waals surface area contributed by atoms with Crippen molar-refractivity contribution < 1.29 is 9.90 Å². The highest BCUT2D eigenvalue weighted by molar-refractivity contribution is 5.79. The Kier molecular flexibility index (Phi) is 6.80. The van der Waals surface area contributed by atoms with Crippen LogP contribution in [0.15, 0.2) is 0 Å². The second-order valence-electron chi connectivity index (χ2n) is 5.75. The molecule has 2 unspecified atom stereocenters. The fraction of sp³-hybridized carbons (Fsp3) is 0.933. The summed E-state index contributed by atoms with van der Waals surface area (Å²) in [5.41, 5.74) is -0.676. The largest absolute Gasteiger partial charge is 0.480 e. The lowest BCUT2D eigenvalue weighted by Crippen LogP contribution is -2.53. The van der Waals surface area contributed by atoms with E-state index in [0.717, 1.165) is 45.3 Å². The molecule has 0 aliphatic heterocycles. The Balaban J connectivity index is 2.57. The van der Waals surface area contributed by atoms with Gasteiger partial charge in [0.05, 0.1) is 0 Å². The number of carboxylic acids is 1. The molecule has 0 aromatic rings. The predicted molar refractivity (Wildman–Crippen MR) is 78.4 cm³/mol. The van der Waals surface area contributed by atoms with Crippen molar-refractivity contribution in [2.45, 2.75) is 57.9 Å². The minimum Gasteiger partial charge on any atom is -0.480 e. The Bertz CT molecular complexity index is 277. The zero-order chi connectivity index (χ0) is 14.3. The molecule has 2 atom stereocenters. The van der Waals surface area contributed by atoms with E-state index in [4.69, 9.17) is 0 Å². The second-order valence-corrected chi connectivity index (χ2v) is 5.75. The van der Waals surface area contributed by atoms with Crippen molar-refractivity contribution in [2.75, 3.05) is 26.7 Å². The van der Waals surface area contributed by atoms with Crippen LogP contribution in [0.2, 0.25) is 0 Å². The van der Waals surface area contributed by atoms with Crippen molar-refractivity contribution >= 4 is 5.97 Å². The summed E-state index contributed by atoms with van der Waals surface area (Å²) in [6.07, 6.45) is 6.17. The van der Waals surface area contributed by atoms with Crippen molar-refractivity contribution in [3.05, 3.63) is 0 Å². The van der Waals surface area contributed by atoms with E-state index in [9.17, 15) is 9.90 Å². The Morgan fingerprint density at radius 2 is 1.95 bits per heavy atom. The molecule has 1 rings (SSSR count). The van der Waals surface area contributed by atoms with Gasteiger partial charge in [-0.3, -0.25) is 4.79 Å². The third kappa shape index (κ3) is 3.93. The van der Waals surface area contributed by atoms with Gasteiger partial charge in [0.1, 0.15) is 5.54 Å². The zero-order valence-corrected chi connectivity index (χ0v) is 12.7. The number of likely N-dealkylation sites (N-methyl/N-ethyl adjacent to an activating group) is 1. The first kappa shape index (κ1) is 16.4. The number of nitrogens with zero attached hydrogens (tertiary/aromatic N) is 1. The minimum absolute atomic E-state index is 0.270. The summed E-state index contributed by atoms with van der Waals surface area (Å²) in [4.78, 5) is 14.1. The highest BCUT2D eigenvalue weighted by Gasteiger charge is 2.47. The number of hydrogen-bond acceptors (Lipinski definition) is 3. The van der Waals surface area contributed by atoms with Crippen LogP contribution in [0.1, 0.15) is 52.4 Å². The number of carboxylic acid groups (broad SMARTS) is 1. The van der Waals surface area contributed by atoms with E-state index in [2.05, 4.69) is 24.1 Å². The van der Waals surface area contributed by atoms with Crippen LogP contribution in [0.3, 0.4) is 0 Å². The first-order valence-corrected chi connectivity index (χ1v) is 7.75. The topological polar surface area (TPSA) is 52.6 Å². The number of rotatable bonds is 9. The summed E-state index contributed by atoms with van der Waals surface area (Å²) in [6.45, 7) is 7.68. The van der Waals surface area contributed by atoms with Crippen LogP contribution in [0.5, 0.6) is 0 Å². The molecule has 0 bridgehead atoms. The van der Waals surface area contributed by atoms with Gasteiger partial charge in [-0.15, -0.1) is 0 Å². The number of aliphatic carboxylic acids is 1. The molecule has 0 spiro atoms. The third-order valence-electron chi connectivity index (χ3n) is 4.52. The van der Waals surface area contributed by atoms with E-state index in [1.165, 1.54) is 12.8 Å². The molecule has 1 aliphatic carbocycles. The lowest BCUT2D eigenvalue weighted by molar-refractivity contribution is -0.146. The molecule has 4 nitrogen and oxygen atoms in total. The number of nitrogens with one attached hydrogen (secondary N) is 1. The van der Waals surface area contributed by atoms with Gasteiger partial charge in [0.2, 0.25) is 0 Å². The van der Waals surface area contributed by atoms with Crippen molar-refractivity contribution in [3.63, 3.8) is 0 Å². The van der Waals surface area contributed by atoms with Gasteiger partial charge >= 0.3 is 5.97 Å². The van der Waals surface area contributed by atoms with Gasteiger partial charge in [-0.1, -0.05) is 20.3 Å². The molecule has 0 radical (unpaired) electrons. The molecular weight excluding hydrogens is 240 g/mol. The van der Waals surface area contributed by atoms with Crippen LogP contribution >= 0.6 is 0 Å². The van der Waals surface area contributed by atoms with Crippen LogP contribution < -0.4 is 5.32 Å². The molecule has 0 aromatic carbocycles. The summed E-state index contributed by atoms with van der Waals surface area (Å²) in [6, 6.07) is 0. The highest BCUT2D eigenvalue weighted by Crippen LogP contribution is 2.38. The van der Waals surface area contributed by atoms with E-state index in [-0.39, 0.29) is 5.92 Å². The Morgan fingerprint density at radius 1 is 1.32 bits per heavy atom. The number of hydrogen-bond donors (Lipinski definition) is 2. The fourth-order valence-electron chi connectivity index (χ4n) is 3.49. The molecule has 1 fully saturated rings. The summed E-state index contributed by atoms with van der Waals surface area (Å²) in [5.74, 6) is -0.402. The Morgan fingerprint density at radius 3 is 2.42 bits per heavy atom. The molecule has 1 saturated carbocycles. The summed E-state index contributed by atoms with van der Waals surface area (Å²) < 4.78 is 0. The maximum atomic E-state index is 11.6. The quantitative estimate of drug-likeness (QED) is 0.675. The van der Waals surface area contributed by atoms with Gasteiger partial charge in [-0.05, 0) is 64.7 Å². The minimum atomic E-state index is -0.676. The molecule has 1 aliphatic rings. The van der Waals surface area contributed by atoms with Crippen molar-refractivity contribution in [2.24, 2.45) is 5.92 Å². The Hall–Kier alpha value is -0.610. The maximum Gasteiger partial charge on any atom is 0.324 e. The molecule has 0 aromatic heterocycles. The van der Waals surface area contributed by atoms with Gasteiger partial charge in [0, 0.05) is 0 Å². The highest BCUT2D eigenvalue weighted by atomic mass is 16.4. The summed E-state index contributed by atoms with van der Waals surface area (Å²) >= 11 is 0. The van der Waals surface area contributed by atoms with Crippen LogP contribution in [0, 0.1) is 5.92 Å². The molecule has 0 heterocycles. The van der Waals surface area contributed by atoms with Gasteiger partial charge in [-0.25, -0.2) is 0 Å². The summed E-state index contributed by atoms with van der Waals surface area (Å²) in [5, 5.41) is 12.6. The van der Waals surface area contributed by atoms with Crippen LogP contribution in [-0.4, -0.2) is 48.2 Å². The number of carbonyl (C=O) groups is 1. The summed E-state index contributed by atoms with van der Waals surface area (Å²) in [7, 11) is 1.79. The van der Waals surface area contributed by atoms with Crippen molar-refractivity contribution in [1.82, 2.24) is 10.2 Å². The van der Waals surface area contributed by atoms with E-state index in [0.29, 0.717) is 0 Å². The van der Waals surface area contributed by atoms with Crippen molar-refractivity contribution in [1.29, 1.82) is 0 Å². The fourth-order valence-corrected chi connectivity index (χ4v) is 3.49. The van der Waals surface area contributed by atoms with Crippen LogP contribution in [0.4, 0.5) is 0 Å². The molecule has 2 N–H and O–H groups in total. The van der Waals surface area contributed by atoms with Crippen LogP contribution in [-0.2, 0) is 4.79 Å². The smallest absolute Gasteiger partial charge is 0.324 e. The Labute approximate surface area is 117 Å². The van der Waals surface area contributed by atoms with E-state index in [1.54, 1.807) is 7.05 Å². The van der Waals surface area contributed by atoms with Gasteiger partial charge in [-0.2, -0.15) is 0 Å².